The van der Waals surface area contributed by atoms with E-state index < -0.39 is 0 Å². The van der Waals surface area contributed by atoms with E-state index in [4.69, 9.17) is 11.5 Å². The molecule has 0 aromatic heterocycles. The van der Waals surface area contributed by atoms with Crippen LogP contribution in [-0.2, 0) is 12.8 Å². The van der Waals surface area contributed by atoms with Gasteiger partial charge in [-0.15, -0.1) is 0 Å². The highest BCUT2D eigenvalue weighted by atomic mass is 14.7. The van der Waals surface area contributed by atoms with Gasteiger partial charge >= 0.3 is 0 Å². The maximum Gasteiger partial charge on any atom is 0.0583 e. The smallest absolute Gasteiger partial charge is 0.0583 e. The Balaban J connectivity index is 2.61. The Kier molecular flexibility index (Phi) is 5.26. The summed E-state index contributed by atoms with van der Waals surface area (Å²) in [7, 11) is 0. The second kappa shape index (κ2) is 7.16. The molecule has 0 spiro atoms. The monoisotopic (exact) mass is 282 g/mol. The van der Waals surface area contributed by atoms with Gasteiger partial charge in [0.1, 0.15) is 0 Å². The highest BCUT2D eigenvalue weighted by molar-refractivity contribution is 5.81. The van der Waals surface area contributed by atoms with E-state index >= 15 is 0 Å². The van der Waals surface area contributed by atoms with Gasteiger partial charge in [-0.2, -0.15) is 0 Å². The molecule has 0 atom stereocenters. The van der Waals surface area contributed by atoms with Gasteiger partial charge in [0.15, 0.2) is 0 Å². The molecule has 2 rings (SSSR count). The molecule has 0 saturated heterocycles. The summed E-state index contributed by atoms with van der Waals surface area (Å²) in [5, 5.41) is 0. The first-order valence-corrected chi connectivity index (χ1v) is 7.94. The summed E-state index contributed by atoms with van der Waals surface area (Å²) in [4.78, 5) is 0. The molecule has 0 radical (unpaired) electrons. The van der Waals surface area contributed by atoms with Crippen LogP contribution in [0, 0.1) is 0 Å². The summed E-state index contributed by atoms with van der Waals surface area (Å²) in [5.74, 6) is 0. The minimum Gasteiger partial charge on any atom is -0.397 e. The molecule has 2 nitrogen and oxygen atoms in total. The molecule has 0 amide bonds. The fraction of sp³-hybridized carbons (Fsp3) is 0.368. The molecule has 2 aromatic rings. The molecule has 2 heteroatoms. The third-order valence-corrected chi connectivity index (χ3v) is 3.99. The maximum absolute atomic E-state index is 6.26. The number of benzene rings is 2. The van der Waals surface area contributed by atoms with Crippen molar-refractivity contribution in [3.8, 4) is 11.1 Å². The van der Waals surface area contributed by atoms with Gasteiger partial charge in [0, 0.05) is 0 Å². The van der Waals surface area contributed by atoms with E-state index in [-0.39, 0.29) is 0 Å². The number of anilines is 2. The van der Waals surface area contributed by atoms with Crippen molar-refractivity contribution in [2.24, 2.45) is 0 Å². The van der Waals surface area contributed by atoms with Crippen molar-refractivity contribution >= 4 is 11.4 Å². The molecule has 0 unspecified atom stereocenters. The first-order chi connectivity index (χ1) is 10.2. The van der Waals surface area contributed by atoms with Crippen molar-refractivity contribution in [3.63, 3.8) is 0 Å². The maximum atomic E-state index is 6.26. The number of nitrogens with two attached hydrogens (primary N) is 2. The lowest BCUT2D eigenvalue weighted by Gasteiger charge is -2.19. The minimum absolute atomic E-state index is 0.706. The van der Waals surface area contributed by atoms with Gasteiger partial charge in [-0.05, 0) is 47.6 Å². The van der Waals surface area contributed by atoms with Crippen LogP contribution >= 0.6 is 0 Å². The number of hydrogen-bond acceptors (Lipinski definition) is 2. The SMILES string of the molecule is CCCCc1c(-c2ccccc2)cc(N)c(N)c1CCC. The summed E-state index contributed by atoms with van der Waals surface area (Å²) in [6.07, 6.45) is 5.52. The average molecular weight is 282 g/mol. The van der Waals surface area contributed by atoms with Crippen LogP contribution in [0.25, 0.3) is 11.1 Å². The predicted molar refractivity (Wildman–Crippen MR) is 93.3 cm³/mol. The normalized spacial score (nSPS) is 10.8. The van der Waals surface area contributed by atoms with Gasteiger partial charge in [0.25, 0.3) is 0 Å². The van der Waals surface area contributed by atoms with Gasteiger partial charge in [-0.1, -0.05) is 57.0 Å². The van der Waals surface area contributed by atoms with Crippen molar-refractivity contribution in [1.29, 1.82) is 0 Å². The second-order valence-electron chi connectivity index (χ2n) is 5.60. The molecule has 0 aliphatic carbocycles. The fourth-order valence-corrected chi connectivity index (χ4v) is 2.87. The first-order valence-electron chi connectivity index (χ1n) is 7.94. The van der Waals surface area contributed by atoms with E-state index in [9.17, 15) is 0 Å². The highest BCUT2D eigenvalue weighted by Gasteiger charge is 2.15. The molecular weight excluding hydrogens is 256 g/mol. The molecule has 0 bridgehead atoms. The Morgan fingerprint density at radius 2 is 1.57 bits per heavy atom. The summed E-state index contributed by atoms with van der Waals surface area (Å²) < 4.78 is 0. The zero-order valence-corrected chi connectivity index (χ0v) is 13.2. The quantitative estimate of drug-likeness (QED) is 0.747. The second-order valence-corrected chi connectivity index (χ2v) is 5.60. The summed E-state index contributed by atoms with van der Waals surface area (Å²) in [6.45, 7) is 4.41. The van der Waals surface area contributed by atoms with Gasteiger partial charge in [0.05, 0.1) is 11.4 Å². The Labute approximate surface area is 128 Å². The van der Waals surface area contributed by atoms with Crippen LogP contribution in [0.15, 0.2) is 36.4 Å². The average Bonchev–Trinajstić information content (AvgIpc) is 2.51. The third kappa shape index (κ3) is 3.38. The van der Waals surface area contributed by atoms with Crippen molar-refractivity contribution in [2.45, 2.75) is 46.0 Å². The van der Waals surface area contributed by atoms with Crippen LogP contribution in [0.5, 0.6) is 0 Å². The van der Waals surface area contributed by atoms with E-state index in [0.29, 0.717) is 5.69 Å². The number of rotatable bonds is 6. The van der Waals surface area contributed by atoms with Gasteiger partial charge in [-0.3, -0.25) is 0 Å². The molecule has 0 fully saturated rings. The van der Waals surface area contributed by atoms with E-state index in [1.165, 1.54) is 35.1 Å². The van der Waals surface area contributed by atoms with Gasteiger partial charge < -0.3 is 11.5 Å². The Morgan fingerprint density at radius 1 is 0.857 bits per heavy atom. The van der Waals surface area contributed by atoms with Crippen LogP contribution in [-0.4, -0.2) is 0 Å². The Hall–Kier alpha value is -1.96. The molecule has 0 heterocycles. The van der Waals surface area contributed by atoms with Crippen LogP contribution in [0.4, 0.5) is 11.4 Å². The lowest BCUT2D eigenvalue weighted by atomic mass is 9.88. The van der Waals surface area contributed by atoms with E-state index in [1.54, 1.807) is 0 Å². The number of nitrogen functional groups attached to an aromatic ring is 2. The Bertz CT molecular complexity index is 588. The molecule has 0 aliphatic rings. The van der Waals surface area contributed by atoms with Crippen molar-refractivity contribution in [2.75, 3.05) is 11.5 Å². The molecule has 21 heavy (non-hydrogen) atoms. The standard InChI is InChI=1S/C19H26N2/c1-3-5-12-15-16(9-4-2)19(21)18(20)13-17(15)14-10-7-6-8-11-14/h6-8,10-11,13H,3-5,9,12,20-21H2,1-2H3. The van der Waals surface area contributed by atoms with E-state index in [2.05, 4.69) is 44.2 Å². The Morgan fingerprint density at radius 3 is 2.19 bits per heavy atom. The van der Waals surface area contributed by atoms with Crippen LogP contribution in [0.1, 0.15) is 44.2 Å². The zero-order chi connectivity index (χ0) is 15.2. The van der Waals surface area contributed by atoms with Crippen LogP contribution in [0.2, 0.25) is 0 Å². The molecule has 0 aliphatic heterocycles. The third-order valence-electron chi connectivity index (χ3n) is 3.99. The fourth-order valence-electron chi connectivity index (χ4n) is 2.87. The molecule has 112 valence electrons. The molecule has 4 N–H and O–H groups in total. The first kappa shape index (κ1) is 15.4. The lowest BCUT2D eigenvalue weighted by molar-refractivity contribution is 0.782. The zero-order valence-electron chi connectivity index (χ0n) is 13.2. The minimum atomic E-state index is 0.706. The summed E-state index contributed by atoms with van der Waals surface area (Å²) >= 11 is 0. The predicted octanol–water partition coefficient (Wildman–Crippen LogP) is 4.81. The van der Waals surface area contributed by atoms with Crippen LogP contribution in [0.3, 0.4) is 0 Å². The van der Waals surface area contributed by atoms with Gasteiger partial charge in [-0.25, -0.2) is 0 Å². The van der Waals surface area contributed by atoms with Crippen molar-refractivity contribution < 1.29 is 0 Å². The van der Waals surface area contributed by atoms with E-state index in [1.807, 2.05) is 6.07 Å². The molecule has 0 saturated carbocycles. The summed E-state index contributed by atoms with van der Waals surface area (Å²) in [6, 6.07) is 12.5. The largest absolute Gasteiger partial charge is 0.397 e. The molecular formula is C19H26N2. The highest BCUT2D eigenvalue weighted by Crippen LogP contribution is 2.35. The topological polar surface area (TPSA) is 52.0 Å². The number of unbranched alkanes of at least 4 members (excludes halogenated alkanes) is 1. The van der Waals surface area contributed by atoms with Crippen molar-refractivity contribution in [3.05, 3.63) is 47.5 Å². The van der Waals surface area contributed by atoms with E-state index in [0.717, 1.165) is 24.9 Å². The number of hydrogen-bond donors (Lipinski definition) is 2. The van der Waals surface area contributed by atoms with Crippen molar-refractivity contribution in [1.82, 2.24) is 0 Å². The lowest BCUT2D eigenvalue weighted by Crippen LogP contribution is -2.06. The summed E-state index contributed by atoms with van der Waals surface area (Å²) in [5.41, 5.74) is 19.0. The molecule has 2 aromatic carbocycles. The van der Waals surface area contributed by atoms with Gasteiger partial charge in [0.2, 0.25) is 0 Å². The van der Waals surface area contributed by atoms with Crippen LogP contribution < -0.4 is 11.5 Å².